The summed E-state index contributed by atoms with van der Waals surface area (Å²) in [6.07, 6.45) is 0. The Morgan fingerprint density at radius 3 is 2.62 bits per heavy atom. The predicted molar refractivity (Wildman–Crippen MR) is 61.8 cm³/mol. The number of hydrogen-bond acceptors (Lipinski definition) is 5. The summed E-state index contributed by atoms with van der Waals surface area (Å²) < 4.78 is 6.72. The van der Waals surface area contributed by atoms with Gasteiger partial charge in [0.2, 0.25) is 5.95 Å². The van der Waals surface area contributed by atoms with Crippen molar-refractivity contribution in [3.05, 3.63) is 18.2 Å². The molecule has 0 aliphatic carbocycles. The number of hydrogen-bond donors (Lipinski definition) is 2. The number of aromatic nitrogens is 3. The highest BCUT2D eigenvalue weighted by atomic mass is 16.5. The standard InChI is InChI=1S/C10H13N5O/c1-15-10(12)13-9(14-15)7-4-3-6(11)5-8(7)16-2/h3-5H,11H2,1-2H3,(H2,12,13,14). The number of anilines is 2. The molecule has 2 aromatic rings. The summed E-state index contributed by atoms with van der Waals surface area (Å²) in [6, 6.07) is 5.30. The monoisotopic (exact) mass is 219 g/mol. The van der Waals surface area contributed by atoms with Crippen molar-refractivity contribution in [2.24, 2.45) is 7.05 Å². The maximum absolute atomic E-state index is 5.67. The van der Waals surface area contributed by atoms with Crippen LogP contribution in [0.4, 0.5) is 11.6 Å². The zero-order chi connectivity index (χ0) is 11.7. The van der Waals surface area contributed by atoms with E-state index in [-0.39, 0.29) is 0 Å². The van der Waals surface area contributed by atoms with E-state index in [1.165, 1.54) is 4.68 Å². The average Bonchev–Trinajstić information content (AvgIpc) is 2.59. The van der Waals surface area contributed by atoms with Gasteiger partial charge in [-0.05, 0) is 12.1 Å². The van der Waals surface area contributed by atoms with Crippen LogP contribution < -0.4 is 16.2 Å². The van der Waals surface area contributed by atoms with Crippen molar-refractivity contribution < 1.29 is 4.74 Å². The molecule has 84 valence electrons. The number of methoxy groups -OCH3 is 1. The van der Waals surface area contributed by atoms with E-state index in [2.05, 4.69) is 10.1 Å². The topological polar surface area (TPSA) is 92.0 Å². The molecule has 0 radical (unpaired) electrons. The van der Waals surface area contributed by atoms with Gasteiger partial charge in [0.25, 0.3) is 0 Å². The molecule has 0 amide bonds. The Balaban J connectivity index is 2.55. The lowest BCUT2D eigenvalue weighted by Crippen LogP contribution is -1.97. The van der Waals surface area contributed by atoms with E-state index < -0.39 is 0 Å². The van der Waals surface area contributed by atoms with E-state index in [4.69, 9.17) is 16.2 Å². The first-order valence-electron chi connectivity index (χ1n) is 4.72. The fraction of sp³-hybridized carbons (Fsp3) is 0.200. The summed E-state index contributed by atoms with van der Waals surface area (Å²) in [5.74, 6) is 1.51. The van der Waals surface area contributed by atoms with E-state index in [0.29, 0.717) is 23.2 Å². The number of rotatable bonds is 2. The fourth-order valence-electron chi connectivity index (χ4n) is 1.40. The molecule has 0 spiro atoms. The molecule has 0 atom stereocenters. The highest BCUT2D eigenvalue weighted by Crippen LogP contribution is 2.29. The van der Waals surface area contributed by atoms with Crippen molar-refractivity contribution >= 4 is 11.6 Å². The van der Waals surface area contributed by atoms with Gasteiger partial charge < -0.3 is 16.2 Å². The minimum atomic E-state index is 0.355. The van der Waals surface area contributed by atoms with Crippen LogP contribution in [0.25, 0.3) is 11.4 Å². The number of ether oxygens (including phenoxy) is 1. The van der Waals surface area contributed by atoms with E-state index in [0.717, 1.165) is 5.56 Å². The smallest absolute Gasteiger partial charge is 0.218 e. The van der Waals surface area contributed by atoms with Crippen LogP contribution in [0.5, 0.6) is 5.75 Å². The first-order chi connectivity index (χ1) is 7.61. The van der Waals surface area contributed by atoms with E-state index in [1.807, 2.05) is 6.07 Å². The molecule has 0 saturated carbocycles. The third-order valence-electron chi connectivity index (χ3n) is 2.26. The lowest BCUT2D eigenvalue weighted by Gasteiger charge is -2.05. The molecule has 0 aliphatic heterocycles. The third-order valence-corrected chi connectivity index (χ3v) is 2.26. The predicted octanol–water partition coefficient (Wildman–Crippen LogP) is 0.655. The Morgan fingerprint density at radius 2 is 2.06 bits per heavy atom. The average molecular weight is 219 g/mol. The first-order valence-corrected chi connectivity index (χ1v) is 4.72. The molecule has 0 fully saturated rings. The Labute approximate surface area is 92.8 Å². The Morgan fingerprint density at radius 1 is 1.31 bits per heavy atom. The summed E-state index contributed by atoms with van der Waals surface area (Å²) in [7, 11) is 3.31. The molecule has 0 saturated heterocycles. The highest BCUT2D eigenvalue weighted by molar-refractivity contribution is 5.68. The molecule has 1 aromatic carbocycles. The fourth-order valence-corrected chi connectivity index (χ4v) is 1.40. The van der Waals surface area contributed by atoms with Crippen molar-refractivity contribution in [3.8, 4) is 17.1 Å². The van der Waals surface area contributed by atoms with Crippen LogP contribution in [-0.2, 0) is 7.05 Å². The van der Waals surface area contributed by atoms with Gasteiger partial charge in [-0.25, -0.2) is 4.68 Å². The molecule has 1 aromatic heterocycles. The van der Waals surface area contributed by atoms with Crippen LogP contribution >= 0.6 is 0 Å². The van der Waals surface area contributed by atoms with Crippen molar-refractivity contribution in [2.75, 3.05) is 18.6 Å². The molecule has 4 N–H and O–H groups in total. The van der Waals surface area contributed by atoms with Crippen molar-refractivity contribution in [2.45, 2.75) is 0 Å². The van der Waals surface area contributed by atoms with Gasteiger partial charge in [-0.2, -0.15) is 4.98 Å². The number of nitrogens with two attached hydrogens (primary N) is 2. The van der Waals surface area contributed by atoms with Crippen LogP contribution in [0.2, 0.25) is 0 Å². The minimum absolute atomic E-state index is 0.355. The maximum Gasteiger partial charge on any atom is 0.218 e. The molecule has 6 nitrogen and oxygen atoms in total. The van der Waals surface area contributed by atoms with E-state index in [1.54, 1.807) is 26.3 Å². The SMILES string of the molecule is COc1cc(N)ccc1-c1nc(N)n(C)n1. The van der Waals surface area contributed by atoms with Gasteiger partial charge >= 0.3 is 0 Å². The normalized spacial score (nSPS) is 10.4. The molecule has 16 heavy (non-hydrogen) atoms. The third kappa shape index (κ3) is 1.65. The van der Waals surface area contributed by atoms with Crippen LogP contribution in [0.3, 0.4) is 0 Å². The quantitative estimate of drug-likeness (QED) is 0.724. The van der Waals surface area contributed by atoms with Crippen molar-refractivity contribution in [1.82, 2.24) is 14.8 Å². The Bertz CT molecular complexity index is 500. The van der Waals surface area contributed by atoms with Crippen LogP contribution in [0, 0.1) is 0 Å². The second-order valence-electron chi connectivity index (χ2n) is 3.38. The second-order valence-corrected chi connectivity index (χ2v) is 3.38. The highest BCUT2D eigenvalue weighted by Gasteiger charge is 2.12. The Kier molecular flexibility index (Phi) is 2.40. The summed E-state index contributed by atoms with van der Waals surface area (Å²) in [5.41, 5.74) is 12.7. The molecule has 0 aliphatic rings. The molecular weight excluding hydrogens is 206 g/mol. The van der Waals surface area contributed by atoms with Crippen LogP contribution in [-0.4, -0.2) is 21.9 Å². The molecule has 6 heteroatoms. The number of nitrogen functional groups attached to an aromatic ring is 2. The summed E-state index contributed by atoms with van der Waals surface area (Å²) in [4.78, 5) is 4.13. The van der Waals surface area contributed by atoms with Gasteiger partial charge in [-0.1, -0.05) is 0 Å². The number of benzene rings is 1. The minimum Gasteiger partial charge on any atom is -0.496 e. The van der Waals surface area contributed by atoms with Gasteiger partial charge in [0.1, 0.15) is 5.75 Å². The zero-order valence-corrected chi connectivity index (χ0v) is 9.14. The largest absolute Gasteiger partial charge is 0.496 e. The van der Waals surface area contributed by atoms with Gasteiger partial charge in [0.15, 0.2) is 5.82 Å². The van der Waals surface area contributed by atoms with Crippen molar-refractivity contribution in [1.29, 1.82) is 0 Å². The van der Waals surface area contributed by atoms with Crippen LogP contribution in [0.15, 0.2) is 18.2 Å². The summed E-state index contributed by atoms with van der Waals surface area (Å²) in [6.45, 7) is 0. The van der Waals surface area contributed by atoms with E-state index >= 15 is 0 Å². The molecular formula is C10H13N5O. The molecule has 0 bridgehead atoms. The lowest BCUT2D eigenvalue weighted by molar-refractivity contribution is 0.416. The zero-order valence-electron chi connectivity index (χ0n) is 9.14. The second kappa shape index (κ2) is 3.73. The number of aryl methyl sites for hydroxylation is 1. The van der Waals surface area contributed by atoms with Gasteiger partial charge in [-0.15, -0.1) is 5.10 Å². The van der Waals surface area contributed by atoms with E-state index in [9.17, 15) is 0 Å². The molecule has 2 rings (SSSR count). The lowest BCUT2D eigenvalue weighted by atomic mass is 10.1. The van der Waals surface area contributed by atoms with Crippen LogP contribution in [0.1, 0.15) is 0 Å². The van der Waals surface area contributed by atoms with Crippen molar-refractivity contribution in [3.63, 3.8) is 0 Å². The van der Waals surface area contributed by atoms with Gasteiger partial charge in [-0.3, -0.25) is 0 Å². The molecule has 0 unspecified atom stereocenters. The summed E-state index contributed by atoms with van der Waals surface area (Å²) in [5, 5.41) is 4.18. The van der Waals surface area contributed by atoms with Gasteiger partial charge in [0.05, 0.1) is 12.7 Å². The number of nitrogens with zero attached hydrogens (tertiary/aromatic N) is 3. The Hall–Kier alpha value is -2.24. The maximum atomic E-state index is 5.67. The molecule has 1 heterocycles. The van der Waals surface area contributed by atoms with Gasteiger partial charge in [0, 0.05) is 18.8 Å². The summed E-state index contributed by atoms with van der Waals surface area (Å²) >= 11 is 0. The first kappa shape index (κ1) is 10.3.